The zero-order valence-electron chi connectivity index (χ0n) is 10.5. The Kier molecular flexibility index (Phi) is 4.01. The Hall–Kier alpha value is -0.880. The average molecular weight is 347 g/mol. The second-order valence-electron chi connectivity index (χ2n) is 4.84. The molecule has 2 rings (SSSR count). The van der Waals surface area contributed by atoms with Gasteiger partial charge in [-0.05, 0) is 37.5 Å². The largest absolute Gasteiger partial charge is 0.478 e. The summed E-state index contributed by atoms with van der Waals surface area (Å²) in [5, 5.41) is 8.67. The van der Waals surface area contributed by atoms with Crippen LogP contribution in [0, 0.1) is 6.92 Å². The smallest absolute Gasteiger partial charge is 0.335 e. The van der Waals surface area contributed by atoms with Gasteiger partial charge in [0.2, 0.25) is 0 Å². The number of hydrogen-bond acceptors (Lipinski definition) is 3. The first-order valence-electron chi connectivity index (χ1n) is 6.11. The van der Waals surface area contributed by atoms with Gasteiger partial charge in [-0.2, -0.15) is 0 Å². The van der Waals surface area contributed by atoms with Crippen LogP contribution >= 0.6 is 15.9 Å². The number of halogens is 1. The molecule has 0 unspecified atom stereocenters. The van der Waals surface area contributed by atoms with Gasteiger partial charge in [-0.3, -0.25) is 0 Å². The summed E-state index contributed by atoms with van der Waals surface area (Å²) in [6.45, 7) is 1.69. The van der Waals surface area contributed by atoms with Crippen molar-refractivity contribution in [3.05, 3.63) is 27.7 Å². The van der Waals surface area contributed by atoms with E-state index < -0.39 is 15.8 Å². The van der Waals surface area contributed by atoms with E-state index in [2.05, 4.69) is 15.9 Å². The lowest BCUT2D eigenvalue weighted by molar-refractivity contribution is 0.0696. The standard InChI is InChI=1S/C13H15BrO4S/c1-8-11(14)6-9(13(15)16)7-12(8)19(17,18)10-4-2-3-5-10/h6-7,10H,2-5H2,1H3,(H,15,16). The van der Waals surface area contributed by atoms with Gasteiger partial charge in [0.15, 0.2) is 9.84 Å². The van der Waals surface area contributed by atoms with Crippen molar-refractivity contribution in [1.29, 1.82) is 0 Å². The fourth-order valence-electron chi connectivity index (χ4n) is 2.45. The molecule has 0 aliphatic heterocycles. The van der Waals surface area contributed by atoms with Gasteiger partial charge >= 0.3 is 5.97 Å². The Morgan fingerprint density at radius 3 is 2.42 bits per heavy atom. The zero-order chi connectivity index (χ0) is 14.2. The van der Waals surface area contributed by atoms with E-state index in [4.69, 9.17) is 5.11 Å². The lowest BCUT2D eigenvalue weighted by Crippen LogP contribution is -2.19. The van der Waals surface area contributed by atoms with Gasteiger partial charge in [0.05, 0.1) is 15.7 Å². The van der Waals surface area contributed by atoms with Crippen molar-refractivity contribution in [3.8, 4) is 0 Å². The Morgan fingerprint density at radius 2 is 1.89 bits per heavy atom. The molecule has 0 heterocycles. The molecule has 4 nitrogen and oxygen atoms in total. The van der Waals surface area contributed by atoms with Crippen LogP contribution in [0.15, 0.2) is 21.5 Å². The molecular weight excluding hydrogens is 332 g/mol. The van der Waals surface area contributed by atoms with Gasteiger partial charge in [-0.1, -0.05) is 28.8 Å². The third kappa shape index (κ3) is 2.69. The summed E-state index contributed by atoms with van der Waals surface area (Å²) in [7, 11) is -3.44. The van der Waals surface area contributed by atoms with Crippen molar-refractivity contribution in [3.63, 3.8) is 0 Å². The molecule has 1 aliphatic rings. The summed E-state index contributed by atoms with van der Waals surface area (Å²) in [6.07, 6.45) is 3.17. The van der Waals surface area contributed by atoms with Crippen LogP contribution in [0.3, 0.4) is 0 Å². The van der Waals surface area contributed by atoms with Crippen molar-refractivity contribution in [2.45, 2.75) is 42.8 Å². The number of rotatable bonds is 3. The first-order valence-corrected chi connectivity index (χ1v) is 8.45. The van der Waals surface area contributed by atoms with E-state index in [9.17, 15) is 13.2 Å². The van der Waals surface area contributed by atoms with Crippen molar-refractivity contribution in [2.24, 2.45) is 0 Å². The minimum Gasteiger partial charge on any atom is -0.478 e. The van der Waals surface area contributed by atoms with Gasteiger partial charge in [0, 0.05) is 4.47 Å². The molecule has 6 heteroatoms. The molecule has 1 aliphatic carbocycles. The highest BCUT2D eigenvalue weighted by atomic mass is 79.9. The van der Waals surface area contributed by atoms with Gasteiger partial charge in [-0.15, -0.1) is 0 Å². The van der Waals surface area contributed by atoms with Gasteiger partial charge < -0.3 is 5.11 Å². The van der Waals surface area contributed by atoms with E-state index in [1.54, 1.807) is 6.92 Å². The van der Waals surface area contributed by atoms with Crippen molar-refractivity contribution in [2.75, 3.05) is 0 Å². The molecule has 1 N–H and O–H groups in total. The number of benzene rings is 1. The highest BCUT2D eigenvalue weighted by molar-refractivity contribution is 9.10. The van der Waals surface area contributed by atoms with Gasteiger partial charge in [0.25, 0.3) is 0 Å². The number of carboxylic acid groups (broad SMARTS) is 1. The van der Waals surface area contributed by atoms with Crippen LogP contribution in [0.25, 0.3) is 0 Å². The number of carboxylic acids is 1. The SMILES string of the molecule is Cc1c(Br)cc(C(=O)O)cc1S(=O)(=O)C1CCCC1. The quantitative estimate of drug-likeness (QED) is 0.912. The first-order chi connectivity index (χ1) is 8.84. The number of sulfone groups is 1. The van der Waals surface area contributed by atoms with Crippen LogP contribution in [0.4, 0.5) is 0 Å². The van der Waals surface area contributed by atoms with E-state index >= 15 is 0 Å². The highest BCUT2D eigenvalue weighted by Gasteiger charge is 2.32. The minimum absolute atomic E-state index is 0.00551. The maximum Gasteiger partial charge on any atom is 0.335 e. The molecule has 0 aromatic heterocycles. The van der Waals surface area contributed by atoms with E-state index in [1.807, 2.05) is 0 Å². The molecule has 0 saturated heterocycles. The lowest BCUT2D eigenvalue weighted by Gasteiger charge is -2.15. The highest BCUT2D eigenvalue weighted by Crippen LogP contribution is 2.34. The predicted octanol–water partition coefficient (Wildman–Crippen LogP) is 3.17. The summed E-state index contributed by atoms with van der Waals surface area (Å²) in [5.41, 5.74) is 0.575. The van der Waals surface area contributed by atoms with Crippen LogP contribution in [0.1, 0.15) is 41.6 Å². The molecule has 1 aromatic rings. The van der Waals surface area contributed by atoms with Crippen molar-refractivity contribution in [1.82, 2.24) is 0 Å². The molecular formula is C13H15BrO4S. The lowest BCUT2D eigenvalue weighted by atomic mass is 10.1. The van der Waals surface area contributed by atoms with Crippen LogP contribution < -0.4 is 0 Å². The Bertz CT molecular complexity index is 616. The molecule has 104 valence electrons. The van der Waals surface area contributed by atoms with E-state index in [-0.39, 0.29) is 15.7 Å². The third-order valence-corrected chi connectivity index (χ3v) is 6.80. The molecule has 0 bridgehead atoms. The van der Waals surface area contributed by atoms with Crippen LogP contribution in [-0.2, 0) is 9.84 Å². The van der Waals surface area contributed by atoms with Crippen LogP contribution in [-0.4, -0.2) is 24.7 Å². The summed E-state index contributed by atoms with van der Waals surface area (Å²) in [6, 6.07) is 2.71. The molecule has 0 radical (unpaired) electrons. The molecule has 19 heavy (non-hydrogen) atoms. The molecule has 0 amide bonds. The summed E-state index contributed by atoms with van der Waals surface area (Å²) >= 11 is 3.24. The van der Waals surface area contributed by atoms with E-state index in [0.717, 1.165) is 12.8 Å². The zero-order valence-corrected chi connectivity index (χ0v) is 12.9. The number of carbonyl (C=O) groups is 1. The molecule has 1 saturated carbocycles. The monoisotopic (exact) mass is 346 g/mol. The fraction of sp³-hybridized carbons (Fsp3) is 0.462. The Balaban J connectivity index is 2.57. The van der Waals surface area contributed by atoms with Crippen LogP contribution in [0.2, 0.25) is 0 Å². The van der Waals surface area contributed by atoms with Crippen molar-refractivity contribution >= 4 is 31.7 Å². The first kappa shape index (κ1) is 14.5. The molecule has 1 fully saturated rings. The maximum absolute atomic E-state index is 12.6. The van der Waals surface area contributed by atoms with Crippen LogP contribution in [0.5, 0.6) is 0 Å². The number of aromatic carboxylic acids is 1. The molecule has 0 atom stereocenters. The minimum atomic E-state index is -3.44. The summed E-state index contributed by atoms with van der Waals surface area (Å²) in [5.74, 6) is -1.12. The van der Waals surface area contributed by atoms with E-state index in [1.165, 1.54) is 12.1 Å². The Morgan fingerprint density at radius 1 is 1.32 bits per heavy atom. The molecule has 1 aromatic carbocycles. The Labute approximate surface area is 120 Å². The number of hydrogen-bond donors (Lipinski definition) is 1. The average Bonchev–Trinajstić information content (AvgIpc) is 2.86. The second-order valence-corrected chi connectivity index (χ2v) is 7.89. The second kappa shape index (κ2) is 5.25. The third-order valence-electron chi connectivity index (χ3n) is 3.59. The fourth-order valence-corrected chi connectivity index (χ4v) is 5.18. The summed E-state index contributed by atoms with van der Waals surface area (Å²) < 4.78 is 25.7. The summed E-state index contributed by atoms with van der Waals surface area (Å²) in [4.78, 5) is 11.2. The maximum atomic E-state index is 12.6. The van der Waals surface area contributed by atoms with Gasteiger partial charge in [-0.25, -0.2) is 13.2 Å². The normalized spacial score (nSPS) is 16.7. The topological polar surface area (TPSA) is 71.4 Å². The van der Waals surface area contributed by atoms with E-state index in [0.29, 0.717) is 22.9 Å². The molecule has 0 spiro atoms. The van der Waals surface area contributed by atoms with Gasteiger partial charge in [0.1, 0.15) is 0 Å². The van der Waals surface area contributed by atoms with Crippen molar-refractivity contribution < 1.29 is 18.3 Å². The predicted molar refractivity (Wildman–Crippen MR) is 75.3 cm³/mol.